The lowest BCUT2D eigenvalue weighted by Crippen LogP contribution is -2.14. The van der Waals surface area contributed by atoms with Crippen molar-refractivity contribution in [3.05, 3.63) is 62.7 Å². The molecule has 2 aromatic carbocycles. The maximum Gasteiger partial charge on any atom is 0.416 e. The summed E-state index contributed by atoms with van der Waals surface area (Å²) in [4.78, 5) is 22.4. The number of alkyl halides is 3. The second-order valence-electron chi connectivity index (χ2n) is 4.79. The van der Waals surface area contributed by atoms with Crippen LogP contribution in [0.3, 0.4) is 0 Å². The molecule has 0 fully saturated rings. The Labute approximate surface area is 144 Å². The minimum absolute atomic E-state index is 0.0568. The lowest BCUT2D eigenvalue weighted by Gasteiger charge is -2.12. The highest BCUT2D eigenvalue weighted by Crippen LogP contribution is 2.34. The Hall–Kier alpha value is -2.81. The average Bonchev–Trinajstić information content (AvgIpc) is 2.55. The van der Waals surface area contributed by atoms with Crippen molar-refractivity contribution < 1.29 is 27.6 Å². The van der Waals surface area contributed by atoms with Gasteiger partial charge in [0.2, 0.25) is 0 Å². The van der Waals surface area contributed by atoms with Crippen LogP contribution in [-0.2, 0) is 6.18 Å². The second-order valence-corrected chi connectivity index (χ2v) is 5.20. The first-order chi connectivity index (χ1) is 11.6. The van der Waals surface area contributed by atoms with Crippen molar-refractivity contribution in [2.75, 3.05) is 12.4 Å². The molecule has 0 saturated carbocycles. The average molecular weight is 375 g/mol. The molecule has 0 spiro atoms. The van der Waals surface area contributed by atoms with Crippen molar-refractivity contribution in [2.45, 2.75) is 6.18 Å². The number of nitro groups is 1. The summed E-state index contributed by atoms with van der Waals surface area (Å²) >= 11 is 5.80. The fourth-order valence-electron chi connectivity index (χ4n) is 1.97. The van der Waals surface area contributed by atoms with E-state index < -0.39 is 28.3 Å². The molecule has 0 aliphatic carbocycles. The van der Waals surface area contributed by atoms with Crippen molar-refractivity contribution in [2.24, 2.45) is 0 Å². The van der Waals surface area contributed by atoms with E-state index in [9.17, 15) is 28.1 Å². The summed E-state index contributed by atoms with van der Waals surface area (Å²) in [5.41, 5.74) is -1.85. The van der Waals surface area contributed by atoms with E-state index in [0.29, 0.717) is 6.07 Å². The number of ether oxygens (including phenoxy) is 1. The van der Waals surface area contributed by atoms with E-state index in [-0.39, 0.29) is 22.0 Å². The van der Waals surface area contributed by atoms with Crippen molar-refractivity contribution >= 4 is 28.9 Å². The van der Waals surface area contributed by atoms with Gasteiger partial charge in [0.15, 0.2) is 5.75 Å². The lowest BCUT2D eigenvalue weighted by molar-refractivity contribution is -0.385. The quantitative estimate of drug-likeness (QED) is 0.629. The van der Waals surface area contributed by atoms with Crippen molar-refractivity contribution in [1.82, 2.24) is 0 Å². The number of hydrogen-bond donors (Lipinski definition) is 1. The smallest absolute Gasteiger partial charge is 0.416 e. The van der Waals surface area contributed by atoms with Crippen LogP contribution in [0.2, 0.25) is 5.02 Å². The molecule has 2 aromatic rings. The van der Waals surface area contributed by atoms with Gasteiger partial charge >= 0.3 is 11.9 Å². The third-order valence-electron chi connectivity index (χ3n) is 3.18. The minimum Gasteiger partial charge on any atom is -0.490 e. The molecule has 0 heterocycles. The van der Waals surface area contributed by atoms with Gasteiger partial charge in [-0.05, 0) is 30.3 Å². The van der Waals surface area contributed by atoms with E-state index in [2.05, 4.69) is 5.32 Å². The first-order valence-electron chi connectivity index (χ1n) is 6.64. The van der Waals surface area contributed by atoms with Crippen LogP contribution in [0.5, 0.6) is 5.75 Å². The van der Waals surface area contributed by atoms with Gasteiger partial charge in [0.05, 0.1) is 28.3 Å². The van der Waals surface area contributed by atoms with Crippen LogP contribution in [0.1, 0.15) is 15.9 Å². The molecule has 0 saturated heterocycles. The molecular weight excluding hydrogens is 365 g/mol. The standard InChI is InChI=1S/C15H10ClF3N2O4/c1-25-13-5-2-8(6-12(13)21(23)24)14(22)20-11-7-9(15(17,18)19)3-4-10(11)16/h2-7H,1H3,(H,20,22). The Balaban J connectivity index is 2.34. The summed E-state index contributed by atoms with van der Waals surface area (Å²) in [6, 6.07) is 5.85. The highest BCUT2D eigenvalue weighted by molar-refractivity contribution is 6.34. The lowest BCUT2D eigenvalue weighted by atomic mass is 10.1. The van der Waals surface area contributed by atoms with Crippen LogP contribution in [-0.4, -0.2) is 17.9 Å². The van der Waals surface area contributed by atoms with E-state index in [0.717, 1.165) is 18.2 Å². The molecule has 2 rings (SSSR count). The van der Waals surface area contributed by atoms with Crippen LogP contribution >= 0.6 is 11.6 Å². The Morgan fingerprint density at radius 3 is 2.48 bits per heavy atom. The van der Waals surface area contributed by atoms with Gasteiger partial charge < -0.3 is 10.1 Å². The summed E-state index contributed by atoms with van der Waals surface area (Å²) in [6.45, 7) is 0. The maximum atomic E-state index is 12.7. The van der Waals surface area contributed by atoms with Gasteiger partial charge in [-0.2, -0.15) is 13.2 Å². The zero-order chi connectivity index (χ0) is 18.8. The van der Waals surface area contributed by atoms with Gasteiger partial charge in [-0.3, -0.25) is 14.9 Å². The number of nitrogens with zero attached hydrogens (tertiary/aromatic N) is 1. The fourth-order valence-corrected chi connectivity index (χ4v) is 2.13. The number of rotatable bonds is 4. The van der Waals surface area contributed by atoms with Gasteiger partial charge in [-0.15, -0.1) is 0 Å². The Kier molecular flexibility index (Phi) is 5.17. The Morgan fingerprint density at radius 1 is 1.24 bits per heavy atom. The molecule has 0 unspecified atom stereocenters. The van der Waals surface area contributed by atoms with Crippen molar-refractivity contribution in [3.63, 3.8) is 0 Å². The summed E-state index contributed by atoms with van der Waals surface area (Å²) < 4.78 is 43.0. The van der Waals surface area contributed by atoms with E-state index in [1.807, 2.05) is 0 Å². The summed E-state index contributed by atoms with van der Waals surface area (Å²) in [5.74, 6) is -0.911. The minimum atomic E-state index is -4.61. The number of hydrogen-bond acceptors (Lipinski definition) is 4. The number of benzene rings is 2. The fraction of sp³-hybridized carbons (Fsp3) is 0.133. The monoisotopic (exact) mass is 374 g/mol. The number of nitrogens with one attached hydrogen (secondary N) is 1. The highest BCUT2D eigenvalue weighted by atomic mass is 35.5. The van der Waals surface area contributed by atoms with E-state index in [1.54, 1.807) is 0 Å². The Morgan fingerprint density at radius 2 is 1.92 bits per heavy atom. The van der Waals surface area contributed by atoms with Crippen LogP contribution < -0.4 is 10.1 Å². The third-order valence-corrected chi connectivity index (χ3v) is 3.51. The first-order valence-corrected chi connectivity index (χ1v) is 7.02. The molecule has 25 heavy (non-hydrogen) atoms. The number of halogens is 4. The molecule has 0 radical (unpaired) electrons. The van der Waals surface area contributed by atoms with Crippen LogP contribution in [0.25, 0.3) is 0 Å². The molecule has 0 atom stereocenters. The molecule has 10 heteroatoms. The second kappa shape index (κ2) is 6.98. The predicted molar refractivity (Wildman–Crippen MR) is 84.1 cm³/mol. The topological polar surface area (TPSA) is 81.5 Å². The molecular formula is C15H10ClF3N2O4. The molecule has 132 valence electrons. The van der Waals surface area contributed by atoms with Crippen LogP contribution in [0, 0.1) is 10.1 Å². The van der Waals surface area contributed by atoms with E-state index in [1.165, 1.54) is 19.2 Å². The van der Waals surface area contributed by atoms with Crippen LogP contribution in [0.4, 0.5) is 24.5 Å². The number of anilines is 1. The van der Waals surface area contributed by atoms with Gasteiger partial charge in [-0.25, -0.2) is 0 Å². The van der Waals surface area contributed by atoms with Gasteiger partial charge in [0.25, 0.3) is 5.91 Å². The van der Waals surface area contributed by atoms with Crippen LogP contribution in [0.15, 0.2) is 36.4 Å². The zero-order valence-electron chi connectivity index (χ0n) is 12.6. The molecule has 1 N–H and O–H groups in total. The van der Waals surface area contributed by atoms with Crippen molar-refractivity contribution in [1.29, 1.82) is 0 Å². The highest BCUT2D eigenvalue weighted by Gasteiger charge is 2.31. The summed E-state index contributed by atoms with van der Waals surface area (Å²) in [7, 11) is 1.23. The third kappa shape index (κ3) is 4.18. The number of methoxy groups -OCH3 is 1. The van der Waals surface area contributed by atoms with Gasteiger partial charge in [-0.1, -0.05) is 11.6 Å². The van der Waals surface area contributed by atoms with Gasteiger partial charge in [0.1, 0.15) is 0 Å². The summed E-state index contributed by atoms with van der Waals surface area (Å²) in [5, 5.41) is 13.1. The molecule has 0 bridgehead atoms. The number of carbonyl (C=O) groups excluding carboxylic acids is 1. The SMILES string of the molecule is COc1ccc(C(=O)Nc2cc(C(F)(F)F)ccc2Cl)cc1[N+](=O)[O-]. The number of carbonyl (C=O) groups is 1. The first kappa shape index (κ1) is 18.5. The normalized spacial score (nSPS) is 11.1. The molecule has 0 aliphatic heterocycles. The maximum absolute atomic E-state index is 12.7. The van der Waals surface area contributed by atoms with Gasteiger partial charge in [0, 0.05) is 11.6 Å². The molecule has 0 aromatic heterocycles. The molecule has 0 aliphatic rings. The largest absolute Gasteiger partial charge is 0.490 e. The van der Waals surface area contributed by atoms with E-state index >= 15 is 0 Å². The number of nitro benzene ring substituents is 1. The van der Waals surface area contributed by atoms with Crippen molar-refractivity contribution in [3.8, 4) is 5.75 Å². The molecule has 6 nitrogen and oxygen atoms in total. The zero-order valence-corrected chi connectivity index (χ0v) is 13.3. The predicted octanol–water partition coefficient (Wildman–Crippen LogP) is 4.53. The summed E-state index contributed by atoms with van der Waals surface area (Å²) in [6.07, 6.45) is -4.61. The van der Waals surface area contributed by atoms with E-state index in [4.69, 9.17) is 16.3 Å². The molecule has 1 amide bonds. The number of amides is 1. The Bertz CT molecular complexity index is 840.